The number of ether oxygens (including phenoxy) is 3. The molecule has 3 aromatic carbocycles. The molecule has 0 saturated heterocycles. The Bertz CT molecular complexity index is 1890. The molecule has 48 heavy (non-hydrogen) atoms. The summed E-state index contributed by atoms with van der Waals surface area (Å²) in [6.07, 6.45) is 1.58. The molecule has 0 radical (unpaired) electrons. The van der Waals surface area contributed by atoms with Crippen molar-refractivity contribution in [1.82, 2.24) is 20.6 Å². The number of amides is 1. The molecule has 248 valence electrons. The van der Waals surface area contributed by atoms with Gasteiger partial charge in [0, 0.05) is 39.5 Å². The van der Waals surface area contributed by atoms with Gasteiger partial charge in [0.1, 0.15) is 23.9 Å². The molecule has 0 spiro atoms. The molecule has 5 rings (SSSR count). The van der Waals surface area contributed by atoms with Crippen molar-refractivity contribution in [1.29, 1.82) is 0 Å². The Morgan fingerprint density at radius 2 is 1.75 bits per heavy atom. The van der Waals surface area contributed by atoms with Gasteiger partial charge in [0.2, 0.25) is 0 Å². The van der Waals surface area contributed by atoms with Gasteiger partial charge in [-0.1, -0.05) is 36.4 Å². The van der Waals surface area contributed by atoms with Crippen LogP contribution < -0.4 is 25.5 Å². The van der Waals surface area contributed by atoms with Crippen molar-refractivity contribution in [3.8, 4) is 17.2 Å². The SMILES string of the molecule is CCOC(=O)C1=C(C)NC(=S)N[C@@H]1c1ccccc1OCC(=O)NN=Cc1cc(C)n(-c2ccc(OCc3ccccc3F)cc2)c1C. The number of benzene rings is 3. The van der Waals surface area contributed by atoms with Gasteiger partial charge in [-0.3, -0.25) is 4.79 Å². The van der Waals surface area contributed by atoms with Crippen LogP contribution in [0.25, 0.3) is 5.69 Å². The topological polar surface area (TPSA) is 115 Å². The lowest BCUT2D eigenvalue weighted by Crippen LogP contribution is -2.45. The molecule has 12 heteroatoms. The number of esters is 1. The van der Waals surface area contributed by atoms with Gasteiger partial charge in [-0.25, -0.2) is 14.6 Å². The first-order valence-corrected chi connectivity index (χ1v) is 15.7. The fourth-order valence-corrected chi connectivity index (χ4v) is 5.66. The van der Waals surface area contributed by atoms with Crippen molar-refractivity contribution in [2.24, 2.45) is 5.10 Å². The maximum Gasteiger partial charge on any atom is 0.338 e. The summed E-state index contributed by atoms with van der Waals surface area (Å²) in [4.78, 5) is 25.5. The molecule has 0 fully saturated rings. The number of rotatable bonds is 12. The Kier molecular flexibility index (Phi) is 10.9. The molecular weight excluding hydrogens is 633 g/mol. The number of nitrogens with zero attached hydrogens (tertiary/aromatic N) is 2. The van der Waals surface area contributed by atoms with E-state index in [-0.39, 0.29) is 25.6 Å². The van der Waals surface area contributed by atoms with Crippen LogP contribution in [0.5, 0.6) is 11.5 Å². The van der Waals surface area contributed by atoms with Gasteiger partial charge in [0.05, 0.1) is 24.4 Å². The van der Waals surface area contributed by atoms with Crippen LogP contribution in [0.3, 0.4) is 0 Å². The Labute approximate surface area is 283 Å². The number of allylic oxidation sites excluding steroid dienone is 1. The average Bonchev–Trinajstić information content (AvgIpc) is 3.35. The second-order valence-electron chi connectivity index (χ2n) is 10.9. The number of nitrogens with one attached hydrogen (secondary N) is 3. The smallest absolute Gasteiger partial charge is 0.338 e. The molecule has 3 N–H and O–H groups in total. The van der Waals surface area contributed by atoms with Crippen molar-refractivity contribution in [3.05, 3.63) is 124 Å². The first kappa shape index (κ1) is 33.9. The largest absolute Gasteiger partial charge is 0.489 e. The minimum atomic E-state index is -0.632. The zero-order valence-electron chi connectivity index (χ0n) is 27.0. The highest BCUT2D eigenvalue weighted by atomic mass is 32.1. The van der Waals surface area contributed by atoms with Crippen LogP contribution >= 0.6 is 12.2 Å². The van der Waals surface area contributed by atoms with Crippen molar-refractivity contribution in [2.75, 3.05) is 13.2 Å². The van der Waals surface area contributed by atoms with Gasteiger partial charge < -0.3 is 29.4 Å². The quantitative estimate of drug-likeness (QED) is 0.0763. The van der Waals surface area contributed by atoms with E-state index in [4.69, 9.17) is 26.4 Å². The highest BCUT2D eigenvalue weighted by Gasteiger charge is 2.32. The van der Waals surface area contributed by atoms with Gasteiger partial charge in [-0.2, -0.15) is 5.10 Å². The molecule has 1 aliphatic rings. The molecule has 1 atom stereocenters. The second kappa shape index (κ2) is 15.4. The summed E-state index contributed by atoms with van der Waals surface area (Å²) in [5.41, 5.74) is 8.20. The molecule has 0 bridgehead atoms. The summed E-state index contributed by atoms with van der Waals surface area (Å²) in [6, 6.07) is 22.5. The number of aryl methyl sites for hydroxylation is 1. The Balaban J connectivity index is 1.20. The zero-order valence-corrected chi connectivity index (χ0v) is 27.8. The van der Waals surface area contributed by atoms with E-state index >= 15 is 0 Å². The van der Waals surface area contributed by atoms with E-state index in [9.17, 15) is 14.0 Å². The summed E-state index contributed by atoms with van der Waals surface area (Å²) in [5.74, 6) is -0.218. The number of carbonyl (C=O) groups is 2. The molecule has 0 saturated carbocycles. The molecule has 1 aliphatic heterocycles. The maximum atomic E-state index is 13.9. The number of para-hydroxylation sites is 1. The minimum absolute atomic E-state index is 0.134. The standard InChI is InChI=1S/C36H36FN5O5S/c1-5-45-35(44)33-23(3)39-36(48)40-34(33)29-11-7-9-13-31(29)47-21-32(43)41-38-19-26-18-22(2)42(24(26)4)27-14-16-28(17-15-27)46-20-25-10-6-8-12-30(25)37/h6-19,34H,5,20-21H2,1-4H3,(H,41,43)(H2,39,40,48)/t34-/m1/s1. The lowest BCUT2D eigenvalue weighted by atomic mass is 9.95. The third-order valence-electron chi connectivity index (χ3n) is 7.66. The fraction of sp³-hybridized carbons (Fsp3) is 0.222. The van der Waals surface area contributed by atoms with Crippen molar-refractivity contribution < 1.29 is 28.2 Å². The van der Waals surface area contributed by atoms with Crippen LogP contribution in [-0.4, -0.2) is 41.0 Å². The molecule has 0 aliphatic carbocycles. The van der Waals surface area contributed by atoms with E-state index in [0.29, 0.717) is 39.0 Å². The molecule has 1 amide bonds. The van der Waals surface area contributed by atoms with Gasteiger partial charge in [-0.05, 0) is 82.4 Å². The summed E-state index contributed by atoms with van der Waals surface area (Å²) >= 11 is 5.34. The number of aromatic nitrogens is 1. The molecular formula is C36H36FN5O5S. The highest BCUT2D eigenvalue weighted by molar-refractivity contribution is 7.80. The van der Waals surface area contributed by atoms with Gasteiger partial charge in [-0.15, -0.1) is 0 Å². The predicted molar refractivity (Wildman–Crippen MR) is 185 cm³/mol. The van der Waals surface area contributed by atoms with Crippen LogP contribution in [0.4, 0.5) is 4.39 Å². The van der Waals surface area contributed by atoms with Crippen LogP contribution in [0.1, 0.15) is 48.0 Å². The van der Waals surface area contributed by atoms with E-state index in [2.05, 4.69) is 25.7 Å². The highest BCUT2D eigenvalue weighted by Crippen LogP contribution is 2.33. The monoisotopic (exact) mass is 669 g/mol. The number of thiocarbonyl (C=S) groups is 1. The van der Waals surface area contributed by atoms with E-state index in [1.54, 1.807) is 56.5 Å². The maximum absolute atomic E-state index is 13.9. The van der Waals surface area contributed by atoms with E-state index in [1.807, 2.05) is 50.2 Å². The fourth-order valence-electron chi connectivity index (χ4n) is 5.39. The lowest BCUT2D eigenvalue weighted by molar-refractivity contribution is -0.139. The van der Waals surface area contributed by atoms with Crippen LogP contribution in [-0.2, 0) is 20.9 Å². The first-order valence-electron chi connectivity index (χ1n) is 15.3. The van der Waals surface area contributed by atoms with Crippen molar-refractivity contribution >= 4 is 35.4 Å². The van der Waals surface area contributed by atoms with Crippen molar-refractivity contribution in [2.45, 2.75) is 40.3 Å². The molecule has 10 nitrogen and oxygen atoms in total. The summed E-state index contributed by atoms with van der Waals surface area (Å²) in [5, 5.41) is 10.6. The van der Waals surface area contributed by atoms with Gasteiger partial charge in [0.15, 0.2) is 11.7 Å². The van der Waals surface area contributed by atoms with Gasteiger partial charge >= 0.3 is 5.97 Å². The first-order chi connectivity index (χ1) is 23.2. The zero-order chi connectivity index (χ0) is 34.2. The van der Waals surface area contributed by atoms with E-state index in [1.165, 1.54) is 6.07 Å². The van der Waals surface area contributed by atoms with E-state index < -0.39 is 17.9 Å². The third-order valence-corrected chi connectivity index (χ3v) is 7.88. The Morgan fingerprint density at radius 3 is 2.50 bits per heavy atom. The number of hydrogen-bond acceptors (Lipinski definition) is 7. The minimum Gasteiger partial charge on any atom is -0.489 e. The van der Waals surface area contributed by atoms with Crippen molar-refractivity contribution in [3.63, 3.8) is 0 Å². The van der Waals surface area contributed by atoms with Gasteiger partial charge in [0.25, 0.3) is 5.91 Å². The van der Waals surface area contributed by atoms with Crippen LogP contribution in [0.2, 0.25) is 0 Å². The molecule has 0 unspecified atom stereocenters. The lowest BCUT2D eigenvalue weighted by Gasteiger charge is -2.30. The van der Waals surface area contributed by atoms with Crippen LogP contribution in [0, 0.1) is 19.7 Å². The third kappa shape index (κ3) is 7.89. The average molecular weight is 670 g/mol. The molecule has 1 aromatic heterocycles. The summed E-state index contributed by atoms with van der Waals surface area (Å²) in [7, 11) is 0. The van der Waals surface area contributed by atoms with Crippen LogP contribution in [0.15, 0.2) is 95.2 Å². The molecule has 2 heterocycles. The number of carbonyl (C=O) groups excluding carboxylic acids is 2. The Hall–Kier alpha value is -5.49. The Morgan fingerprint density at radius 1 is 1.02 bits per heavy atom. The number of hydrogen-bond donors (Lipinski definition) is 3. The normalized spacial score (nSPS) is 14.4. The summed E-state index contributed by atoms with van der Waals surface area (Å²) < 4.78 is 32.9. The molecule has 4 aromatic rings. The number of hydrazone groups is 1. The summed E-state index contributed by atoms with van der Waals surface area (Å²) in [6.45, 7) is 7.46. The second-order valence-corrected chi connectivity index (χ2v) is 11.4. The number of halogens is 1. The van der Waals surface area contributed by atoms with E-state index in [0.717, 1.165) is 22.6 Å². The predicted octanol–water partition coefficient (Wildman–Crippen LogP) is 5.70.